The number of benzene rings is 2. The van der Waals surface area contributed by atoms with E-state index in [1.807, 2.05) is 35.7 Å². The van der Waals surface area contributed by atoms with E-state index in [1.54, 1.807) is 17.0 Å². The van der Waals surface area contributed by atoms with Gasteiger partial charge in [0.1, 0.15) is 5.82 Å². The second-order valence-electron chi connectivity index (χ2n) is 7.19. The first-order valence-electron chi connectivity index (χ1n) is 9.43. The van der Waals surface area contributed by atoms with Crippen LogP contribution < -0.4 is 5.32 Å². The zero-order valence-corrected chi connectivity index (χ0v) is 18.4. The van der Waals surface area contributed by atoms with E-state index in [0.29, 0.717) is 29.8 Å². The fourth-order valence-electron chi connectivity index (χ4n) is 3.47. The van der Waals surface area contributed by atoms with Gasteiger partial charge in [-0.3, -0.25) is 0 Å². The number of anilines is 1. The SMILES string of the molecule is Cc1ccc(-c2nc3sc4c(n3n2)CCN(C(=O)Nc2ccc(Br)cc2F)C4)cc1. The van der Waals surface area contributed by atoms with Gasteiger partial charge >= 0.3 is 6.03 Å². The van der Waals surface area contributed by atoms with E-state index in [9.17, 15) is 9.18 Å². The molecule has 30 heavy (non-hydrogen) atoms. The lowest BCUT2D eigenvalue weighted by atomic mass is 10.1. The summed E-state index contributed by atoms with van der Waals surface area (Å²) >= 11 is 4.76. The van der Waals surface area contributed by atoms with E-state index in [0.717, 1.165) is 21.1 Å². The summed E-state index contributed by atoms with van der Waals surface area (Å²) in [5.41, 5.74) is 3.43. The molecule has 6 nitrogen and oxygen atoms in total. The standard InChI is InChI=1S/C21H17BrFN5OS/c1-12-2-4-13(5-3-12)19-25-21-28(26-19)17-8-9-27(11-18(17)30-21)20(29)24-16-7-6-14(22)10-15(16)23/h2-7,10H,8-9,11H2,1H3,(H,24,29). The molecule has 0 atom stereocenters. The first kappa shape index (κ1) is 19.2. The summed E-state index contributed by atoms with van der Waals surface area (Å²) in [5, 5.41) is 7.34. The average molecular weight is 486 g/mol. The fourth-order valence-corrected chi connectivity index (χ4v) is 4.92. The Kier molecular flexibility index (Phi) is 4.79. The molecule has 0 saturated carbocycles. The van der Waals surface area contributed by atoms with Crippen LogP contribution in [0.1, 0.15) is 16.1 Å². The van der Waals surface area contributed by atoms with Crippen LogP contribution in [0, 0.1) is 12.7 Å². The van der Waals surface area contributed by atoms with Crippen LogP contribution in [0.15, 0.2) is 46.9 Å². The van der Waals surface area contributed by atoms with Crippen LogP contribution in [0.2, 0.25) is 0 Å². The molecule has 2 amide bonds. The van der Waals surface area contributed by atoms with Crippen molar-refractivity contribution in [3.63, 3.8) is 0 Å². The first-order chi connectivity index (χ1) is 14.5. The van der Waals surface area contributed by atoms with Crippen molar-refractivity contribution in [1.82, 2.24) is 19.5 Å². The number of carbonyl (C=O) groups excluding carboxylic acids is 1. The van der Waals surface area contributed by atoms with Crippen molar-refractivity contribution in [1.29, 1.82) is 0 Å². The minimum Gasteiger partial charge on any atom is -0.319 e. The molecule has 152 valence electrons. The van der Waals surface area contributed by atoms with E-state index < -0.39 is 5.82 Å². The van der Waals surface area contributed by atoms with E-state index >= 15 is 0 Å². The van der Waals surface area contributed by atoms with Crippen LogP contribution >= 0.6 is 27.3 Å². The van der Waals surface area contributed by atoms with Crippen molar-refractivity contribution in [2.45, 2.75) is 19.9 Å². The molecule has 0 radical (unpaired) electrons. The van der Waals surface area contributed by atoms with Crippen molar-refractivity contribution in [2.75, 3.05) is 11.9 Å². The minimum atomic E-state index is -0.474. The number of fused-ring (bicyclic) bond motifs is 3. The number of halogens is 2. The number of carbonyl (C=O) groups is 1. The normalized spacial score (nSPS) is 13.5. The lowest BCUT2D eigenvalue weighted by Gasteiger charge is -2.26. The van der Waals surface area contributed by atoms with Crippen LogP contribution in [-0.2, 0) is 13.0 Å². The van der Waals surface area contributed by atoms with Crippen LogP contribution in [0.25, 0.3) is 16.3 Å². The zero-order valence-electron chi connectivity index (χ0n) is 16.0. The highest BCUT2D eigenvalue weighted by Crippen LogP contribution is 2.30. The number of thiazole rings is 1. The van der Waals surface area contributed by atoms with E-state index in [4.69, 9.17) is 0 Å². The van der Waals surface area contributed by atoms with Gasteiger partial charge in [0.05, 0.1) is 17.9 Å². The lowest BCUT2D eigenvalue weighted by Crippen LogP contribution is -2.38. The molecule has 1 aliphatic rings. The van der Waals surface area contributed by atoms with Crippen LogP contribution in [0.4, 0.5) is 14.9 Å². The summed E-state index contributed by atoms with van der Waals surface area (Å²) in [6, 6.07) is 12.4. The number of hydrogen-bond acceptors (Lipinski definition) is 4. The number of aromatic nitrogens is 3. The maximum Gasteiger partial charge on any atom is 0.322 e. The molecule has 2 aromatic heterocycles. The van der Waals surface area contributed by atoms with Gasteiger partial charge in [-0.25, -0.2) is 13.7 Å². The summed E-state index contributed by atoms with van der Waals surface area (Å²) in [6.45, 7) is 3.03. The summed E-state index contributed by atoms with van der Waals surface area (Å²) in [7, 11) is 0. The second-order valence-corrected chi connectivity index (χ2v) is 9.17. The third-order valence-electron chi connectivity index (χ3n) is 5.09. The fraction of sp³-hybridized carbons (Fsp3) is 0.190. The van der Waals surface area contributed by atoms with Gasteiger partial charge in [0, 0.05) is 27.9 Å². The Morgan fingerprint density at radius 3 is 2.80 bits per heavy atom. The Labute approximate surface area is 184 Å². The molecule has 5 rings (SSSR count). The number of rotatable bonds is 2. The third kappa shape index (κ3) is 3.48. The van der Waals surface area contributed by atoms with Gasteiger partial charge in [-0.1, -0.05) is 57.1 Å². The summed E-state index contributed by atoms with van der Waals surface area (Å²) in [6.07, 6.45) is 0.669. The van der Waals surface area contributed by atoms with Crippen LogP contribution in [0.5, 0.6) is 0 Å². The van der Waals surface area contributed by atoms with Gasteiger partial charge in [0.15, 0.2) is 5.82 Å². The van der Waals surface area contributed by atoms with Crippen LogP contribution in [0.3, 0.4) is 0 Å². The molecule has 9 heteroatoms. The van der Waals surface area contributed by atoms with E-state index in [1.165, 1.54) is 23.0 Å². The number of amides is 2. The van der Waals surface area contributed by atoms with Crippen molar-refractivity contribution in [2.24, 2.45) is 0 Å². The van der Waals surface area contributed by atoms with Crippen molar-refractivity contribution in [3.05, 3.63) is 68.9 Å². The molecule has 0 unspecified atom stereocenters. The van der Waals surface area contributed by atoms with Gasteiger partial charge < -0.3 is 10.2 Å². The van der Waals surface area contributed by atoms with Crippen LogP contribution in [-0.4, -0.2) is 32.1 Å². The maximum atomic E-state index is 14.0. The Morgan fingerprint density at radius 2 is 2.03 bits per heavy atom. The largest absolute Gasteiger partial charge is 0.322 e. The topological polar surface area (TPSA) is 62.5 Å². The minimum absolute atomic E-state index is 0.166. The van der Waals surface area contributed by atoms with Gasteiger partial charge in [0.25, 0.3) is 0 Å². The highest BCUT2D eigenvalue weighted by atomic mass is 79.9. The summed E-state index contributed by atoms with van der Waals surface area (Å²) in [4.78, 5) is 20.9. The van der Waals surface area contributed by atoms with Gasteiger partial charge in [-0.15, -0.1) is 5.10 Å². The molecule has 0 bridgehead atoms. The Balaban J connectivity index is 1.36. The van der Waals surface area contributed by atoms with Crippen molar-refractivity contribution >= 4 is 43.9 Å². The van der Waals surface area contributed by atoms with Gasteiger partial charge in [-0.2, -0.15) is 4.98 Å². The third-order valence-corrected chi connectivity index (χ3v) is 6.64. The molecule has 0 aliphatic carbocycles. The van der Waals surface area contributed by atoms with E-state index in [-0.39, 0.29) is 11.7 Å². The second kappa shape index (κ2) is 7.48. The maximum absolute atomic E-state index is 14.0. The molecule has 0 fully saturated rings. The first-order valence-corrected chi connectivity index (χ1v) is 11.0. The van der Waals surface area contributed by atoms with Crippen molar-refractivity contribution < 1.29 is 9.18 Å². The molecular formula is C21H17BrFN5OS. The molecule has 0 saturated heterocycles. The average Bonchev–Trinajstić information content (AvgIpc) is 3.28. The van der Waals surface area contributed by atoms with Gasteiger partial charge in [-0.05, 0) is 25.1 Å². The predicted molar refractivity (Wildman–Crippen MR) is 118 cm³/mol. The highest BCUT2D eigenvalue weighted by Gasteiger charge is 2.26. The Hall–Kier alpha value is -2.78. The number of nitrogens with zero attached hydrogens (tertiary/aromatic N) is 4. The molecule has 2 aromatic carbocycles. The molecule has 1 N–H and O–H groups in total. The lowest BCUT2D eigenvalue weighted by molar-refractivity contribution is 0.206. The summed E-state index contributed by atoms with van der Waals surface area (Å²) < 4.78 is 16.5. The number of aryl methyl sites for hydroxylation is 1. The molecule has 0 spiro atoms. The quantitative estimate of drug-likeness (QED) is 0.421. The highest BCUT2D eigenvalue weighted by molar-refractivity contribution is 9.10. The monoisotopic (exact) mass is 485 g/mol. The number of urea groups is 1. The summed E-state index contributed by atoms with van der Waals surface area (Å²) in [5.74, 6) is 0.229. The Morgan fingerprint density at radius 1 is 1.23 bits per heavy atom. The zero-order chi connectivity index (χ0) is 20.8. The molecule has 4 aromatic rings. The molecule has 3 heterocycles. The number of nitrogens with one attached hydrogen (secondary N) is 1. The Bertz CT molecular complexity index is 1270. The van der Waals surface area contributed by atoms with E-state index in [2.05, 4.69) is 31.3 Å². The van der Waals surface area contributed by atoms with Crippen molar-refractivity contribution in [3.8, 4) is 11.4 Å². The predicted octanol–water partition coefficient (Wildman–Crippen LogP) is 5.26. The number of hydrogen-bond donors (Lipinski definition) is 1. The smallest absolute Gasteiger partial charge is 0.319 e. The van der Waals surface area contributed by atoms with Gasteiger partial charge in [0.2, 0.25) is 4.96 Å². The molecule has 1 aliphatic heterocycles. The molecular weight excluding hydrogens is 469 g/mol.